The third-order valence-corrected chi connectivity index (χ3v) is 6.27. The Morgan fingerprint density at radius 1 is 0.971 bits per heavy atom. The number of hydrogen-bond donors (Lipinski definition) is 1. The summed E-state index contributed by atoms with van der Waals surface area (Å²) in [6.07, 6.45) is 0.574. The highest BCUT2D eigenvalue weighted by molar-refractivity contribution is 6.46. The summed E-state index contributed by atoms with van der Waals surface area (Å²) in [6.45, 7) is 1.17. The van der Waals surface area contributed by atoms with Crippen LogP contribution in [0.15, 0.2) is 78.4 Å². The Labute approximate surface area is 203 Å². The van der Waals surface area contributed by atoms with Crippen molar-refractivity contribution in [2.24, 2.45) is 0 Å². The van der Waals surface area contributed by atoms with Gasteiger partial charge in [-0.3, -0.25) is 9.59 Å². The number of aliphatic hydroxyl groups is 1. The molecule has 7 heteroatoms. The van der Waals surface area contributed by atoms with E-state index in [4.69, 9.17) is 14.2 Å². The summed E-state index contributed by atoms with van der Waals surface area (Å²) >= 11 is 0. The molecule has 1 amide bonds. The van der Waals surface area contributed by atoms with Gasteiger partial charge >= 0.3 is 0 Å². The lowest BCUT2D eigenvalue weighted by Gasteiger charge is -2.25. The zero-order valence-electron chi connectivity index (χ0n) is 19.3. The zero-order valence-corrected chi connectivity index (χ0v) is 19.3. The normalized spacial score (nSPS) is 18.5. The van der Waals surface area contributed by atoms with Crippen LogP contribution in [0.5, 0.6) is 17.2 Å². The van der Waals surface area contributed by atoms with Crippen molar-refractivity contribution in [2.45, 2.75) is 12.5 Å². The van der Waals surface area contributed by atoms with Gasteiger partial charge in [0.1, 0.15) is 24.7 Å². The molecule has 1 unspecified atom stereocenters. The second kappa shape index (κ2) is 9.54. The Morgan fingerprint density at radius 2 is 1.69 bits per heavy atom. The van der Waals surface area contributed by atoms with E-state index in [1.54, 1.807) is 37.4 Å². The van der Waals surface area contributed by atoms with Crippen LogP contribution in [-0.4, -0.2) is 48.6 Å². The standard InChI is InChI=1S/C28H25NO6/c1-33-21-10-7-19(8-11-21)25-24(26(30)20-9-12-22-23(17-20)35-16-15-34-22)27(31)28(32)29(25)14-13-18-5-3-2-4-6-18/h2-12,17,25,30H,13-16H2,1H3. The fraction of sp³-hybridized carbons (Fsp3) is 0.214. The fourth-order valence-corrected chi connectivity index (χ4v) is 4.48. The molecule has 2 heterocycles. The molecular weight excluding hydrogens is 446 g/mol. The van der Waals surface area contributed by atoms with E-state index >= 15 is 0 Å². The van der Waals surface area contributed by atoms with Crippen LogP contribution in [0.2, 0.25) is 0 Å². The molecule has 7 nitrogen and oxygen atoms in total. The quantitative estimate of drug-likeness (QED) is 0.331. The third kappa shape index (κ3) is 4.33. The monoisotopic (exact) mass is 471 g/mol. The number of hydrogen-bond acceptors (Lipinski definition) is 6. The summed E-state index contributed by atoms with van der Waals surface area (Å²) in [6, 6.07) is 21.2. The van der Waals surface area contributed by atoms with Crippen LogP contribution in [-0.2, 0) is 16.0 Å². The van der Waals surface area contributed by atoms with E-state index in [0.717, 1.165) is 5.56 Å². The summed E-state index contributed by atoms with van der Waals surface area (Å²) in [4.78, 5) is 28.0. The lowest BCUT2D eigenvalue weighted by atomic mass is 9.95. The first-order valence-corrected chi connectivity index (χ1v) is 11.4. The van der Waals surface area contributed by atoms with Crippen molar-refractivity contribution in [2.75, 3.05) is 26.9 Å². The summed E-state index contributed by atoms with van der Waals surface area (Å²) in [5.74, 6) is 0.111. The number of carbonyl (C=O) groups is 2. The Hall–Kier alpha value is -4.26. The Bertz CT molecular complexity index is 1280. The molecule has 2 aliphatic heterocycles. The molecule has 1 atom stereocenters. The summed E-state index contributed by atoms with van der Waals surface area (Å²) in [7, 11) is 1.57. The number of amides is 1. The molecule has 1 fully saturated rings. The van der Waals surface area contributed by atoms with Crippen LogP contribution in [0.1, 0.15) is 22.7 Å². The van der Waals surface area contributed by atoms with Crippen LogP contribution in [0.25, 0.3) is 5.76 Å². The first kappa shape index (κ1) is 22.5. The molecule has 178 valence electrons. The minimum absolute atomic E-state index is 0.0462. The molecule has 0 radical (unpaired) electrons. The largest absolute Gasteiger partial charge is 0.507 e. The average molecular weight is 472 g/mol. The van der Waals surface area contributed by atoms with E-state index in [1.807, 2.05) is 42.5 Å². The molecule has 3 aromatic carbocycles. The smallest absolute Gasteiger partial charge is 0.295 e. The number of aliphatic hydroxyl groups excluding tert-OH is 1. The molecule has 3 aromatic rings. The van der Waals surface area contributed by atoms with E-state index in [-0.39, 0.29) is 11.3 Å². The van der Waals surface area contributed by atoms with E-state index < -0.39 is 17.7 Å². The molecule has 0 spiro atoms. The maximum atomic E-state index is 13.2. The Morgan fingerprint density at radius 3 is 2.40 bits per heavy atom. The summed E-state index contributed by atoms with van der Waals surface area (Å²) in [5.41, 5.74) is 2.19. The van der Waals surface area contributed by atoms with Gasteiger partial charge < -0.3 is 24.2 Å². The SMILES string of the molecule is COc1ccc(C2C(=C(O)c3ccc4c(c3)OCCO4)C(=O)C(=O)N2CCc2ccccc2)cc1. The molecule has 0 saturated carbocycles. The van der Waals surface area contributed by atoms with E-state index in [9.17, 15) is 14.7 Å². The lowest BCUT2D eigenvalue weighted by Crippen LogP contribution is -2.31. The van der Waals surface area contributed by atoms with Gasteiger partial charge in [0.05, 0.1) is 18.7 Å². The summed E-state index contributed by atoms with van der Waals surface area (Å²) < 4.78 is 16.5. The van der Waals surface area contributed by atoms with Crippen molar-refractivity contribution in [1.82, 2.24) is 4.90 Å². The highest BCUT2D eigenvalue weighted by Gasteiger charge is 2.45. The maximum Gasteiger partial charge on any atom is 0.295 e. The average Bonchev–Trinajstić information content (AvgIpc) is 3.16. The number of likely N-dealkylation sites (tertiary alicyclic amines) is 1. The Balaban J connectivity index is 1.57. The number of ketones is 1. The first-order chi connectivity index (χ1) is 17.1. The number of carbonyl (C=O) groups excluding carboxylic acids is 2. The molecule has 1 saturated heterocycles. The van der Waals surface area contributed by atoms with Gasteiger partial charge in [-0.25, -0.2) is 0 Å². The van der Waals surface area contributed by atoms with Crippen LogP contribution < -0.4 is 14.2 Å². The van der Waals surface area contributed by atoms with Gasteiger partial charge in [0.15, 0.2) is 11.5 Å². The van der Waals surface area contributed by atoms with Gasteiger partial charge in [0, 0.05) is 12.1 Å². The molecule has 2 aliphatic rings. The van der Waals surface area contributed by atoms with Gasteiger partial charge in [-0.2, -0.15) is 0 Å². The number of nitrogens with zero attached hydrogens (tertiary/aromatic N) is 1. The highest BCUT2D eigenvalue weighted by atomic mass is 16.6. The van der Waals surface area contributed by atoms with Crippen molar-refractivity contribution in [3.63, 3.8) is 0 Å². The predicted molar refractivity (Wildman–Crippen MR) is 130 cm³/mol. The number of benzene rings is 3. The van der Waals surface area contributed by atoms with Crippen molar-refractivity contribution in [1.29, 1.82) is 0 Å². The molecule has 0 bridgehead atoms. The molecule has 0 aliphatic carbocycles. The highest BCUT2D eigenvalue weighted by Crippen LogP contribution is 2.41. The molecule has 1 N–H and O–H groups in total. The third-order valence-electron chi connectivity index (χ3n) is 6.27. The second-order valence-corrected chi connectivity index (χ2v) is 8.36. The summed E-state index contributed by atoms with van der Waals surface area (Å²) in [5, 5.41) is 11.3. The van der Waals surface area contributed by atoms with Crippen molar-refractivity contribution < 1.29 is 28.9 Å². The number of fused-ring (bicyclic) bond motifs is 1. The van der Waals surface area contributed by atoms with Crippen molar-refractivity contribution in [3.8, 4) is 17.2 Å². The van der Waals surface area contributed by atoms with Crippen LogP contribution in [0, 0.1) is 0 Å². The lowest BCUT2D eigenvalue weighted by molar-refractivity contribution is -0.139. The fourth-order valence-electron chi connectivity index (χ4n) is 4.48. The second-order valence-electron chi connectivity index (χ2n) is 8.36. The van der Waals surface area contributed by atoms with Gasteiger partial charge in [0.25, 0.3) is 11.7 Å². The van der Waals surface area contributed by atoms with E-state index in [2.05, 4.69) is 0 Å². The number of ether oxygens (including phenoxy) is 3. The van der Waals surface area contributed by atoms with Crippen molar-refractivity contribution >= 4 is 17.4 Å². The van der Waals surface area contributed by atoms with Crippen molar-refractivity contribution in [3.05, 3.63) is 95.1 Å². The molecular formula is C28H25NO6. The molecule has 5 rings (SSSR count). The maximum absolute atomic E-state index is 13.2. The number of Topliss-reactive ketones (excluding diaryl/α,β-unsaturated/α-hetero) is 1. The van der Waals surface area contributed by atoms with Crippen LogP contribution >= 0.6 is 0 Å². The zero-order chi connectivity index (χ0) is 24.4. The number of methoxy groups -OCH3 is 1. The first-order valence-electron chi connectivity index (χ1n) is 11.4. The number of rotatable bonds is 6. The van der Waals surface area contributed by atoms with Gasteiger partial charge in [-0.1, -0.05) is 42.5 Å². The minimum atomic E-state index is -0.738. The van der Waals surface area contributed by atoms with Gasteiger partial charge in [-0.15, -0.1) is 0 Å². The van der Waals surface area contributed by atoms with Crippen LogP contribution in [0.4, 0.5) is 0 Å². The predicted octanol–water partition coefficient (Wildman–Crippen LogP) is 4.13. The minimum Gasteiger partial charge on any atom is -0.507 e. The molecule has 0 aromatic heterocycles. The van der Waals surface area contributed by atoms with Crippen LogP contribution in [0.3, 0.4) is 0 Å². The Kier molecular flexibility index (Phi) is 6.14. The van der Waals surface area contributed by atoms with Gasteiger partial charge in [-0.05, 0) is 47.9 Å². The topological polar surface area (TPSA) is 85.3 Å². The van der Waals surface area contributed by atoms with E-state index in [0.29, 0.717) is 54.6 Å². The van der Waals surface area contributed by atoms with Gasteiger partial charge in [0.2, 0.25) is 0 Å². The molecule has 35 heavy (non-hydrogen) atoms. The van der Waals surface area contributed by atoms with E-state index in [1.165, 1.54) is 4.90 Å².